The maximum Gasteiger partial charge on any atom is 0.254 e. The van der Waals surface area contributed by atoms with Crippen molar-refractivity contribution in [2.24, 2.45) is 0 Å². The van der Waals surface area contributed by atoms with Gasteiger partial charge in [-0.05, 0) is 31.0 Å². The number of aromatic hydroxyl groups is 1. The van der Waals surface area contributed by atoms with Crippen molar-refractivity contribution in [1.82, 2.24) is 15.1 Å². The Balaban J connectivity index is 1.82. The van der Waals surface area contributed by atoms with E-state index < -0.39 is 0 Å². The van der Waals surface area contributed by atoms with Crippen LogP contribution in [0.1, 0.15) is 22.8 Å². The molecule has 5 nitrogen and oxygen atoms in total. The summed E-state index contributed by atoms with van der Waals surface area (Å²) in [7, 11) is 0. The Morgan fingerprint density at radius 1 is 1.37 bits per heavy atom. The second-order valence-corrected chi connectivity index (χ2v) is 4.26. The smallest absolute Gasteiger partial charge is 0.254 e. The standard InChI is InChI=1S/C14H17N3O2/c1-2-17-10-12(9-16-17)14(19)15-8-7-11-3-5-13(18)6-4-11/h3-6,9-10,18H,2,7-8H2,1H3,(H,15,19). The van der Waals surface area contributed by atoms with Crippen molar-refractivity contribution in [3.63, 3.8) is 0 Å². The molecule has 0 saturated heterocycles. The molecule has 2 rings (SSSR count). The molecule has 0 atom stereocenters. The number of hydrogen-bond donors (Lipinski definition) is 2. The summed E-state index contributed by atoms with van der Waals surface area (Å²) in [6.07, 6.45) is 4.03. The number of rotatable bonds is 5. The van der Waals surface area contributed by atoms with Crippen molar-refractivity contribution in [2.75, 3.05) is 6.54 Å². The molecule has 0 fully saturated rings. The van der Waals surface area contributed by atoms with E-state index in [1.807, 2.05) is 19.1 Å². The third-order valence-corrected chi connectivity index (χ3v) is 2.86. The number of aryl methyl sites for hydroxylation is 1. The molecule has 0 aliphatic heterocycles. The molecule has 1 amide bonds. The van der Waals surface area contributed by atoms with E-state index in [-0.39, 0.29) is 11.7 Å². The summed E-state index contributed by atoms with van der Waals surface area (Å²) in [5.74, 6) is 0.137. The molecule has 0 saturated carbocycles. The van der Waals surface area contributed by atoms with E-state index in [0.717, 1.165) is 18.5 Å². The highest BCUT2D eigenvalue weighted by Crippen LogP contribution is 2.09. The topological polar surface area (TPSA) is 67.2 Å². The number of phenols is 1. The lowest BCUT2D eigenvalue weighted by atomic mass is 10.1. The van der Waals surface area contributed by atoms with Crippen molar-refractivity contribution >= 4 is 5.91 Å². The average molecular weight is 259 g/mol. The van der Waals surface area contributed by atoms with Crippen molar-refractivity contribution in [3.8, 4) is 5.75 Å². The molecule has 1 heterocycles. The van der Waals surface area contributed by atoms with E-state index in [1.165, 1.54) is 0 Å². The number of nitrogens with one attached hydrogen (secondary N) is 1. The summed E-state index contributed by atoms with van der Waals surface area (Å²) in [6, 6.07) is 6.97. The second kappa shape index (κ2) is 6.04. The molecule has 0 spiro atoms. The van der Waals surface area contributed by atoms with Crippen LogP contribution in [0.2, 0.25) is 0 Å². The quantitative estimate of drug-likeness (QED) is 0.856. The molecule has 0 unspecified atom stereocenters. The van der Waals surface area contributed by atoms with Crippen molar-refractivity contribution in [3.05, 3.63) is 47.8 Å². The Morgan fingerprint density at radius 3 is 2.74 bits per heavy atom. The van der Waals surface area contributed by atoms with E-state index in [0.29, 0.717) is 12.1 Å². The lowest BCUT2D eigenvalue weighted by molar-refractivity contribution is 0.0954. The summed E-state index contributed by atoms with van der Waals surface area (Å²) in [5.41, 5.74) is 1.65. The Morgan fingerprint density at radius 2 is 2.11 bits per heavy atom. The number of hydrogen-bond acceptors (Lipinski definition) is 3. The van der Waals surface area contributed by atoms with Gasteiger partial charge in [0.25, 0.3) is 5.91 Å². The van der Waals surface area contributed by atoms with Gasteiger partial charge in [-0.1, -0.05) is 12.1 Å². The van der Waals surface area contributed by atoms with Gasteiger partial charge in [0.2, 0.25) is 0 Å². The van der Waals surface area contributed by atoms with Crippen molar-refractivity contribution in [2.45, 2.75) is 19.9 Å². The van der Waals surface area contributed by atoms with Gasteiger partial charge >= 0.3 is 0 Å². The zero-order valence-corrected chi connectivity index (χ0v) is 10.8. The zero-order valence-electron chi connectivity index (χ0n) is 10.8. The minimum absolute atomic E-state index is 0.113. The molecule has 2 aromatic rings. The predicted octanol–water partition coefficient (Wildman–Crippen LogP) is 1.58. The molecular formula is C14H17N3O2. The Labute approximate surface area is 111 Å². The fourth-order valence-electron chi connectivity index (χ4n) is 1.74. The van der Waals surface area contributed by atoms with E-state index in [2.05, 4.69) is 10.4 Å². The normalized spacial score (nSPS) is 10.4. The predicted molar refractivity (Wildman–Crippen MR) is 72.0 cm³/mol. The van der Waals surface area contributed by atoms with Crippen LogP contribution in [0.15, 0.2) is 36.7 Å². The average Bonchev–Trinajstić information content (AvgIpc) is 2.90. The van der Waals surface area contributed by atoms with Gasteiger partial charge < -0.3 is 10.4 Å². The summed E-state index contributed by atoms with van der Waals surface area (Å²) in [4.78, 5) is 11.8. The van der Waals surface area contributed by atoms with Crippen LogP contribution in [0, 0.1) is 0 Å². The molecule has 0 aliphatic carbocycles. The molecule has 0 aliphatic rings. The lowest BCUT2D eigenvalue weighted by Gasteiger charge is -2.04. The van der Waals surface area contributed by atoms with Gasteiger partial charge in [0, 0.05) is 19.3 Å². The third kappa shape index (κ3) is 3.58. The van der Waals surface area contributed by atoms with Crippen LogP contribution in [-0.2, 0) is 13.0 Å². The lowest BCUT2D eigenvalue weighted by Crippen LogP contribution is -2.25. The number of nitrogens with zero attached hydrogens (tertiary/aromatic N) is 2. The van der Waals surface area contributed by atoms with E-state index in [4.69, 9.17) is 5.11 Å². The van der Waals surface area contributed by atoms with E-state index in [1.54, 1.807) is 29.2 Å². The van der Waals surface area contributed by atoms with Gasteiger partial charge in [-0.15, -0.1) is 0 Å². The molecule has 2 N–H and O–H groups in total. The highest BCUT2D eigenvalue weighted by Gasteiger charge is 2.07. The van der Waals surface area contributed by atoms with Crippen molar-refractivity contribution < 1.29 is 9.90 Å². The van der Waals surface area contributed by atoms with Crippen molar-refractivity contribution in [1.29, 1.82) is 0 Å². The van der Waals surface area contributed by atoms with Crippen LogP contribution in [0.25, 0.3) is 0 Å². The van der Waals surface area contributed by atoms with Crippen LogP contribution < -0.4 is 5.32 Å². The molecule has 1 aromatic carbocycles. The first-order valence-electron chi connectivity index (χ1n) is 6.27. The summed E-state index contributed by atoms with van der Waals surface area (Å²) in [5, 5.41) is 16.1. The fourth-order valence-corrected chi connectivity index (χ4v) is 1.74. The van der Waals surface area contributed by atoms with Crippen LogP contribution in [-0.4, -0.2) is 27.3 Å². The summed E-state index contributed by atoms with van der Waals surface area (Å²) in [6.45, 7) is 3.28. The van der Waals surface area contributed by atoms with Crippen LogP contribution in [0.3, 0.4) is 0 Å². The number of carbonyl (C=O) groups is 1. The number of amides is 1. The summed E-state index contributed by atoms with van der Waals surface area (Å²) < 4.78 is 1.72. The maximum absolute atomic E-state index is 11.8. The van der Waals surface area contributed by atoms with Gasteiger partial charge in [0.15, 0.2) is 0 Å². The minimum atomic E-state index is -0.113. The Hall–Kier alpha value is -2.30. The van der Waals surface area contributed by atoms with Gasteiger partial charge in [-0.25, -0.2) is 0 Å². The minimum Gasteiger partial charge on any atom is -0.508 e. The maximum atomic E-state index is 11.8. The summed E-state index contributed by atoms with van der Waals surface area (Å²) >= 11 is 0. The SMILES string of the molecule is CCn1cc(C(=O)NCCc2ccc(O)cc2)cn1. The zero-order chi connectivity index (χ0) is 13.7. The molecule has 1 aromatic heterocycles. The number of benzene rings is 1. The van der Waals surface area contributed by atoms with Gasteiger partial charge in [-0.2, -0.15) is 5.10 Å². The van der Waals surface area contributed by atoms with Crippen LogP contribution >= 0.6 is 0 Å². The molecular weight excluding hydrogens is 242 g/mol. The third-order valence-electron chi connectivity index (χ3n) is 2.86. The number of carbonyl (C=O) groups excluding carboxylic acids is 1. The molecule has 0 bridgehead atoms. The first-order valence-corrected chi connectivity index (χ1v) is 6.27. The van der Waals surface area contributed by atoms with E-state index in [9.17, 15) is 4.79 Å². The van der Waals surface area contributed by atoms with Gasteiger partial charge in [-0.3, -0.25) is 9.48 Å². The number of phenolic OH excluding ortho intramolecular Hbond substituents is 1. The van der Waals surface area contributed by atoms with Gasteiger partial charge in [0.1, 0.15) is 5.75 Å². The molecule has 5 heteroatoms. The fraction of sp³-hybridized carbons (Fsp3) is 0.286. The van der Waals surface area contributed by atoms with Crippen LogP contribution in [0.4, 0.5) is 0 Å². The monoisotopic (exact) mass is 259 g/mol. The molecule has 100 valence electrons. The molecule has 19 heavy (non-hydrogen) atoms. The Kier molecular flexibility index (Phi) is 4.18. The van der Waals surface area contributed by atoms with Crippen LogP contribution in [0.5, 0.6) is 5.75 Å². The van der Waals surface area contributed by atoms with E-state index >= 15 is 0 Å². The first kappa shape index (κ1) is 13.1. The highest BCUT2D eigenvalue weighted by atomic mass is 16.3. The number of aromatic nitrogens is 2. The van der Waals surface area contributed by atoms with Gasteiger partial charge in [0.05, 0.1) is 11.8 Å². The first-order chi connectivity index (χ1) is 9.19. The Bertz CT molecular complexity index is 546. The largest absolute Gasteiger partial charge is 0.508 e. The second-order valence-electron chi connectivity index (χ2n) is 4.26. The molecule has 0 radical (unpaired) electrons. The highest BCUT2D eigenvalue weighted by molar-refractivity contribution is 5.93.